The quantitative estimate of drug-likeness (QED) is 0.575. The van der Waals surface area contributed by atoms with E-state index in [1.165, 1.54) is 6.92 Å². The van der Waals surface area contributed by atoms with Crippen LogP contribution in [0, 0.1) is 0 Å². The molecule has 0 bridgehead atoms. The fourth-order valence-electron chi connectivity index (χ4n) is 3.56. The number of benzene rings is 1. The third kappa shape index (κ3) is 3.25. The molecule has 1 aromatic rings. The first-order valence-electron chi connectivity index (χ1n) is 7.86. The van der Waals surface area contributed by atoms with Crippen LogP contribution < -0.4 is 5.32 Å². The van der Waals surface area contributed by atoms with Crippen molar-refractivity contribution in [3.63, 3.8) is 0 Å². The lowest BCUT2D eigenvalue weighted by atomic mass is 9.86. The van der Waals surface area contributed by atoms with E-state index in [-0.39, 0.29) is 11.3 Å². The number of hydrogen-bond donors (Lipinski definition) is 1. The third-order valence-corrected chi connectivity index (χ3v) is 4.59. The molecule has 0 fully saturated rings. The molecule has 2 rings (SSSR count). The van der Waals surface area contributed by atoms with Gasteiger partial charge >= 0.3 is 6.18 Å². The van der Waals surface area contributed by atoms with Crippen LogP contribution in [0.5, 0.6) is 0 Å². The molecular formula is C19H22F3NO. The van der Waals surface area contributed by atoms with Crippen molar-refractivity contribution in [3.8, 4) is 0 Å². The van der Waals surface area contributed by atoms with Gasteiger partial charge in [0.15, 0.2) is 0 Å². The van der Waals surface area contributed by atoms with Gasteiger partial charge in [-0.2, -0.15) is 13.2 Å². The zero-order valence-electron chi connectivity index (χ0n) is 14.3. The van der Waals surface area contributed by atoms with Crippen molar-refractivity contribution in [3.05, 3.63) is 53.1 Å². The summed E-state index contributed by atoms with van der Waals surface area (Å²) in [5.74, 6) is -0.559. The highest BCUT2D eigenvalue weighted by Crippen LogP contribution is 2.48. The minimum atomic E-state index is -4.63. The van der Waals surface area contributed by atoms with Gasteiger partial charge in [0.1, 0.15) is 0 Å². The first-order valence-corrected chi connectivity index (χ1v) is 7.86. The van der Waals surface area contributed by atoms with Gasteiger partial charge in [-0.05, 0) is 41.9 Å². The second-order valence-corrected chi connectivity index (χ2v) is 6.89. The summed E-state index contributed by atoms with van der Waals surface area (Å²) in [7, 11) is 0. The summed E-state index contributed by atoms with van der Waals surface area (Å²) in [5.41, 5.74) is 1.10. The average Bonchev–Trinajstić information content (AvgIpc) is 2.69. The van der Waals surface area contributed by atoms with E-state index >= 15 is 0 Å². The number of alkyl halides is 3. The molecule has 0 aliphatic heterocycles. The second kappa shape index (κ2) is 6.11. The van der Waals surface area contributed by atoms with Crippen LogP contribution in [0.3, 0.4) is 0 Å². The maximum absolute atomic E-state index is 12.8. The van der Waals surface area contributed by atoms with Crippen LogP contribution in [0.1, 0.15) is 51.2 Å². The summed E-state index contributed by atoms with van der Waals surface area (Å²) in [4.78, 5) is 12.4. The number of carbonyl (C=O) groups excluding carboxylic acids is 1. The Morgan fingerprint density at radius 2 is 2.00 bits per heavy atom. The number of rotatable bonds is 3. The normalized spacial score (nSPS) is 19.8. The average molecular weight is 337 g/mol. The number of amides is 1. The summed E-state index contributed by atoms with van der Waals surface area (Å²) >= 11 is 0. The fraction of sp³-hybridized carbons (Fsp3) is 0.421. The topological polar surface area (TPSA) is 29.1 Å². The Kier molecular flexibility index (Phi) is 4.66. The van der Waals surface area contributed by atoms with Crippen molar-refractivity contribution >= 4 is 11.6 Å². The Morgan fingerprint density at radius 1 is 1.38 bits per heavy atom. The number of halogens is 3. The number of nitrogens with one attached hydrogen (secondary N) is 1. The molecule has 0 radical (unpaired) electrons. The lowest BCUT2D eigenvalue weighted by Crippen LogP contribution is -2.23. The van der Waals surface area contributed by atoms with Gasteiger partial charge in [0.2, 0.25) is 0 Å². The Balaban J connectivity index is 2.35. The van der Waals surface area contributed by atoms with E-state index in [1.54, 1.807) is 6.07 Å². The molecule has 130 valence electrons. The molecule has 1 atom stereocenters. The molecule has 1 aliphatic carbocycles. The smallest absolute Gasteiger partial charge is 0.322 e. The second-order valence-electron chi connectivity index (χ2n) is 6.89. The predicted molar refractivity (Wildman–Crippen MR) is 90.1 cm³/mol. The maximum Gasteiger partial charge on any atom is 0.416 e. The lowest BCUT2D eigenvalue weighted by molar-refractivity contribution is -0.115. The van der Waals surface area contributed by atoms with Crippen LogP contribution in [0.25, 0.3) is 0 Å². The first-order chi connectivity index (χ1) is 11.0. The molecule has 5 heteroatoms. The van der Waals surface area contributed by atoms with Crippen LogP contribution in [0.2, 0.25) is 0 Å². The van der Waals surface area contributed by atoms with Crippen LogP contribution in [0.15, 0.2) is 42.0 Å². The zero-order chi connectivity index (χ0) is 18.3. The standard InChI is InChI=1S/C19H22F3NO/c1-6-13(12(3)19(20,21)22)17(24)23-15-9-7-8-14-16(15)11(2)10-18(14,4)5/h6-9,11H,3,10H2,1-2,4-5H3,(H,23,24)/b13-6+. The van der Waals surface area contributed by atoms with Crippen molar-refractivity contribution < 1.29 is 18.0 Å². The first kappa shape index (κ1) is 18.3. The van der Waals surface area contributed by atoms with Crippen LogP contribution in [0.4, 0.5) is 18.9 Å². The molecule has 1 amide bonds. The third-order valence-electron chi connectivity index (χ3n) is 4.59. The van der Waals surface area contributed by atoms with Crippen LogP contribution >= 0.6 is 0 Å². The lowest BCUT2D eigenvalue weighted by Gasteiger charge is -2.20. The maximum atomic E-state index is 12.8. The molecule has 2 nitrogen and oxygen atoms in total. The Labute approximate surface area is 140 Å². The number of fused-ring (bicyclic) bond motifs is 1. The van der Waals surface area contributed by atoms with E-state index in [4.69, 9.17) is 0 Å². The Bertz CT molecular complexity index is 714. The van der Waals surface area contributed by atoms with E-state index in [9.17, 15) is 18.0 Å². The Morgan fingerprint density at radius 3 is 2.54 bits per heavy atom. The summed E-state index contributed by atoms with van der Waals surface area (Å²) in [6.45, 7) is 10.7. The van der Waals surface area contributed by atoms with E-state index in [2.05, 4.69) is 32.7 Å². The van der Waals surface area contributed by atoms with E-state index in [1.807, 2.05) is 12.1 Å². The number of allylic oxidation sites excluding steroid dienone is 1. The molecule has 1 unspecified atom stereocenters. The van der Waals surface area contributed by atoms with Crippen molar-refractivity contribution in [1.82, 2.24) is 0 Å². The van der Waals surface area contributed by atoms with Gasteiger partial charge in [0.05, 0.1) is 5.57 Å². The summed E-state index contributed by atoms with van der Waals surface area (Å²) in [5, 5.41) is 2.65. The van der Waals surface area contributed by atoms with Gasteiger partial charge in [-0.3, -0.25) is 4.79 Å². The number of hydrogen-bond acceptors (Lipinski definition) is 1. The minimum Gasteiger partial charge on any atom is -0.322 e. The summed E-state index contributed by atoms with van der Waals surface area (Å²) in [6, 6.07) is 5.57. The SMILES string of the molecule is C=C(/C(=C\C)C(=O)Nc1cccc2c1C(C)CC2(C)C)C(F)(F)F. The van der Waals surface area contributed by atoms with Gasteiger partial charge in [0.25, 0.3) is 5.91 Å². The molecule has 0 saturated heterocycles. The highest BCUT2D eigenvalue weighted by atomic mass is 19.4. The van der Waals surface area contributed by atoms with Crippen molar-refractivity contribution in [1.29, 1.82) is 0 Å². The van der Waals surface area contributed by atoms with E-state index in [0.29, 0.717) is 5.69 Å². The molecule has 24 heavy (non-hydrogen) atoms. The van der Waals surface area contributed by atoms with Crippen LogP contribution in [-0.2, 0) is 10.2 Å². The summed E-state index contributed by atoms with van der Waals surface area (Å²) in [6.07, 6.45) is -2.56. The highest BCUT2D eigenvalue weighted by molar-refractivity contribution is 6.07. The molecular weight excluding hydrogens is 315 g/mol. The van der Waals surface area contributed by atoms with Gasteiger partial charge in [-0.1, -0.05) is 45.6 Å². The van der Waals surface area contributed by atoms with Gasteiger partial charge in [0, 0.05) is 11.3 Å². The van der Waals surface area contributed by atoms with Crippen molar-refractivity contribution in [2.75, 3.05) is 5.32 Å². The largest absolute Gasteiger partial charge is 0.416 e. The van der Waals surface area contributed by atoms with Gasteiger partial charge in [-0.15, -0.1) is 0 Å². The van der Waals surface area contributed by atoms with Crippen LogP contribution in [-0.4, -0.2) is 12.1 Å². The summed E-state index contributed by atoms with van der Waals surface area (Å²) < 4.78 is 38.5. The zero-order valence-corrected chi connectivity index (χ0v) is 14.3. The number of anilines is 1. The predicted octanol–water partition coefficient (Wildman–Crippen LogP) is 5.47. The molecule has 0 aromatic heterocycles. The van der Waals surface area contributed by atoms with Gasteiger partial charge in [-0.25, -0.2) is 0 Å². The molecule has 1 N–H and O–H groups in total. The molecule has 1 aromatic carbocycles. The minimum absolute atomic E-state index is 0.0194. The van der Waals surface area contributed by atoms with E-state index < -0.39 is 23.2 Å². The van der Waals surface area contributed by atoms with Crippen molar-refractivity contribution in [2.24, 2.45) is 0 Å². The van der Waals surface area contributed by atoms with Crippen molar-refractivity contribution in [2.45, 2.75) is 51.6 Å². The Hall–Kier alpha value is -2.04. The molecule has 0 spiro atoms. The highest BCUT2D eigenvalue weighted by Gasteiger charge is 2.38. The number of carbonyl (C=O) groups is 1. The molecule has 1 aliphatic rings. The van der Waals surface area contributed by atoms with Gasteiger partial charge < -0.3 is 5.32 Å². The molecule has 0 heterocycles. The fourth-order valence-corrected chi connectivity index (χ4v) is 3.56. The monoisotopic (exact) mass is 337 g/mol. The molecule has 0 saturated carbocycles. The van der Waals surface area contributed by atoms with E-state index in [0.717, 1.165) is 23.6 Å².